The Balaban J connectivity index is 1.79. The van der Waals surface area contributed by atoms with E-state index in [1.807, 2.05) is 0 Å². The van der Waals surface area contributed by atoms with Crippen LogP contribution in [0, 0.1) is 19.7 Å². The third kappa shape index (κ3) is 2.64. The van der Waals surface area contributed by atoms with E-state index in [4.69, 9.17) is 10.3 Å². The number of aryl methyl sites for hydroxylation is 2. The molecule has 27 heavy (non-hydrogen) atoms. The van der Waals surface area contributed by atoms with E-state index in [0.717, 1.165) is 4.90 Å². The van der Waals surface area contributed by atoms with E-state index >= 15 is 0 Å². The minimum absolute atomic E-state index is 0.000609. The summed E-state index contributed by atoms with van der Waals surface area (Å²) in [6.45, 7) is 3.17. The summed E-state index contributed by atoms with van der Waals surface area (Å²) < 4.78 is 18.5. The lowest BCUT2D eigenvalue weighted by Gasteiger charge is -2.13. The molecule has 2 aromatic heterocycles. The molecule has 0 bridgehead atoms. The van der Waals surface area contributed by atoms with Crippen LogP contribution < -0.4 is 5.73 Å². The predicted octanol–water partition coefficient (Wildman–Crippen LogP) is 2.27. The number of fused-ring (bicyclic) bond motifs is 1. The summed E-state index contributed by atoms with van der Waals surface area (Å²) in [5.74, 6) is -1.08. The van der Waals surface area contributed by atoms with E-state index in [0.29, 0.717) is 17.1 Å². The largest absolute Gasteiger partial charge is 0.396 e. The zero-order chi connectivity index (χ0) is 19.3. The third-order valence-electron chi connectivity index (χ3n) is 4.29. The van der Waals surface area contributed by atoms with E-state index in [9.17, 15) is 14.0 Å². The molecule has 1 aliphatic heterocycles. The van der Waals surface area contributed by atoms with Gasteiger partial charge in [-0.1, -0.05) is 17.3 Å². The fraction of sp³-hybridized carbons (Fsp3) is 0.167. The molecule has 0 spiro atoms. The fourth-order valence-electron chi connectivity index (χ4n) is 3.08. The number of imide groups is 1. The third-order valence-corrected chi connectivity index (χ3v) is 4.29. The Morgan fingerprint density at radius 1 is 1.15 bits per heavy atom. The molecule has 0 unspecified atom stereocenters. The van der Waals surface area contributed by atoms with E-state index in [1.165, 1.54) is 18.2 Å². The Morgan fingerprint density at radius 2 is 1.89 bits per heavy atom. The average Bonchev–Trinajstić information content (AvgIpc) is 3.15. The van der Waals surface area contributed by atoms with Crippen molar-refractivity contribution < 1.29 is 18.5 Å². The maximum Gasteiger partial charge on any atom is 0.278 e. The van der Waals surface area contributed by atoms with Crippen molar-refractivity contribution >= 4 is 17.5 Å². The quantitative estimate of drug-likeness (QED) is 0.706. The number of carbonyl (C=O) groups is 2. The number of nitrogens with two attached hydrogens (primary N) is 1. The molecule has 9 heteroatoms. The van der Waals surface area contributed by atoms with Gasteiger partial charge in [0.05, 0.1) is 29.1 Å². The molecule has 3 aromatic rings. The standard InChI is InChI=1S/C18H14FN5O3/c1-8-12-13(14(20)15(21-8)16-22-9(2)23-27-16)18(26)24(17(12)25)7-10-4-3-5-11(19)6-10/h3-6H,7,20H2,1-2H3. The summed E-state index contributed by atoms with van der Waals surface area (Å²) in [4.78, 5) is 35.1. The van der Waals surface area contributed by atoms with Crippen LogP contribution in [0.25, 0.3) is 11.6 Å². The van der Waals surface area contributed by atoms with Crippen LogP contribution >= 0.6 is 0 Å². The Morgan fingerprint density at radius 3 is 2.56 bits per heavy atom. The molecule has 3 heterocycles. The zero-order valence-electron chi connectivity index (χ0n) is 14.5. The number of pyridine rings is 1. The van der Waals surface area contributed by atoms with E-state index in [1.54, 1.807) is 19.9 Å². The van der Waals surface area contributed by atoms with Crippen molar-refractivity contribution in [3.63, 3.8) is 0 Å². The van der Waals surface area contributed by atoms with Gasteiger partial charge in [0.1, 0.15) is 5.82 Å². The fourth-order valence-corrected chi connectivity index (χ4v) is 3.08. The summed E-state index contributed by atoms with van der Waals surface area (Å²) >= 11 is 0. The van der Waals surface area contributed by atoms with Gasteiger partial charge >= 0.3 is 0 Å². The molecule has 0 saturated carbocycles. The van der Waals surface area contributed by atoms with Crippen molar-refractivity contribution in [3.8, 4) is 11.6 Å². The Bertz CT molecular complexity index is 1110. The molecule has 8 nitrogen and oxygen atoms in total. The lowest BCUT2D eigenvalue weighted by atomic mass is 10.0. The van der Waals surface area contributed by atoms with Gasteiger partial charge in [-0.3, -0.25) is 14.5 Å². The molecule has 1 aliphatic rings. The maximum atomic E-state index is 13.4. The number of nitrogen functional groups attached to an aromatic ring is 1. The molecule has 2 N–H and O–H groups in total. The highest BCUT2D eigenvalue weighted by Crippen LogP contribution is 2.35. The lowest BCUT2D eigenvalue weighted by Crippen LogP contribution is -2.29. The number of anilines is 1. The van der Waals surface area contributed by atoms with Crippen LogP contribution in [-0.2, 0) is 6.54 Å². The van der Waals surface area contributed by atoms with Crippen molar-refractivity contribution in [1.82, 2.24) is 20.0 Å². The highest BCUT2D eigenvalue weighted by molar-refractivity contribution is 6.24. The minimum Gasteiger partial charge on any atom is -0.396 e. The molecule has 0 saturated heterocycles. The minimum atomic E-state index is -0.570. The Kier molecular flexibility index (Phi) is 3.72. The maximum absolute atomic E-state index is 13.4. The molecular weight excluding hydrogens is 353 g/mol. The topological polar surface area (TPSA) is 115 Å². The number of hydrogen-bond acceptors (Lipinski definition) is 7. The lowest BCUT2D eigenvalue weighted by molar-refractivity contribution is 0.0642. The molecule has 1 aromatic carbocycles. The molecule has 0 atom stereocenters. The van der Waals surface area contributed by atoms with E-state index in [2.05, 4.69) is 15.1 Å². The molecule has 0 fully saturated rings. The second kappa shape index (κ2) is 5.97. The monoisotopic (exact) mass is 367 g/mol. The Labute approximate surface area is 152 Å². The SMILES string of the molecule is Cc1noc(-c2nc(C)c3c(c2N)C(=O)N(Cc2cccc(F)c2)C3=O)n1. The molecular formula is C18H14FN5O3. The van der Waals surface area contributed by atoms with Crippen molar-refractivity contribution in [3.05, 3.63) is 58.3 Å². The van der Waals surface area contributed by atoms with Gasteiger partial charge < -0.3 is 10.3 Å². The first kappa shape index (κ1) is 16.8. The average molecular weight is 367 g/mol. The van der Waals surface area contributed by atoms with Gasteiger partial charge in [-0.15, -0.1) is 0 Å². The number of benzene rings is 1. The predicted molar refractivity (Wildman–Crippen MR) is 92.0 cm³/mol. The second-order valence-corrected chi connectivity index (χ2v) is 6.18. The van der Waals surface area contributed by atoms with Crippen molar-refractivity contribution in [2.75, 3.05) is 5.73 Å². The molecule has 4 rings (SSSR count). The van der Waals surface area contributed by atoms with Crippen LogP contribution in [0.3, 0.4) is 0 Å². The number of hydrogen-bond donors (Lipinski definition) is 1. The molecule has 0 aliphatic carbocycles. The van der Waals surface area contributed by atoms with Crippen LogP contribution in [0.15, 0.2) is 28.8 Å². The van der Waals surface area contributed by atoms with Crippen LogP contribution in [-0.4, -0.2) is 31.8 Å². The van der Waals surface area contributed by atoms with Gasteiger partial charge in [-0.2, -0.15) is 4.98 Å². The van der Waals surface area contributed by atoms with E-state index < -0.39 is 17.6 Å². The highest BCUT2D eigenvalue weighted by Gasteiger charge is 2.40. The van der Waals surface area contributed by atoms with Gasteiger partial charge in [0.25, 0.3) is 17.7 Å². The van der Waals surface area contributed by atoms with Crippen LogP contribution in [0.5, 0.6) is 0 Å². The van der Waals surface area contributed by atoms with Crippen molar-refractivity contribution in [2.45, 2.75) is 20.4 Å². The van der Waals surface area contributed by atoms with Crippen molar-refractivity contribution in [1.29, 1.82) is 0 Å². The first-order valence-electron chi connectivity index (χ1n) is 8.08. The van der Waals surface area contributed by atoms with Crippen LogP contribution in [0.1, 0.15) is 37.8 Å². The van der Waals surface area contributed by atoms with Crippen LogP contribution in [0.4, 0.5) is 10.1 Å². The van der Waals surface area contributed by atoms with Gasteiger partial charge in [0, 0.05) is 0 Å². The number of halogens is 1. The summed E-state index contributed by atoms with van der Waals surface area (Å²) in [5, 5.41) is 3.69. The molecule has 0 radical (unpaired) electrons. The number of amides is 2. The number of carbonyl (C=O) groups excluding carboxylic acids is 2. The summed E-state index contributed by atoms with van der Waals surface area (Å²) in [7, 11) is 0. The highest BCUT2D eigenvalue weighted by atomic mass is 19.1. The second-order valence-electron chi connectivity index (χ2n) is 6.18. The first-order chi connectivity index (χ1) is 12.9. The van der Waals surface area contributed by atoms with E-state index in [-0.39, 0.29) is 34.9 Å². The van der Waals surface area contributed by atoms with Gasteiger partial charge in [-0.05, 0) is 31.5 Å². The van der Waals surface area contributed by atoms with Gasteiger partial charge in [0.2, 0.25) is 0 Å². The van der Waals surface area contributed by atoms with Crippen LogP contribution in [0.2, 0.25) is 0 Å². The smallest absolute Gasteiger partial charge is 0.278 e. The molecule has 2 amide bonds. The van der Waals surface area contributed by atoms with Gasteiger partial charge in [0.15, 0.2) is 11.5 Å². The number of nitrogens with zero attached hydrogens (tertiary/aromatic N) is 4. The summed E-state index contributed by atoms with van der Waals surface area (Å²) in [6.07, 6.45) is 0. The zero-order valence-corrected chi connectivity index (χ0v) is 14.5. The van der Waals surface area contributed by atoms with Gasteiger partial charge in [-0.25, -0.2) is 9.37 Å². The summed E-state index contributed by atoms with van der Waals surface area (Å²) in [5.41, 5.74) is 7.28. The normalized spacial score (nSPS) is 13.4. The number of aromatic nitrogens is 3. The Hall–Kier alpha value is -3.62. The van der Waals surface area contributed by atoms with Crippen molar-refractivity contribution in [2.24, 2.45) is 0 Å². The first-order valence-corrected chi connectivity index (χ1v) is 8.08. The number of rotatable bonds is 3. The molecule has 136 valence electrons. The summed E-state index contributed by atoms with van der Waals surface area (Å²) in [6, 6.07) is 5.70.